The minimum absolute atomic E-state index is 0.721. The first-order chi connectivity index (χ1) is 13.3. The van der Waals surface area contributed by atoms with E-state index >= 15 is 0 Å². The molecule has 27 heavy (non-hydrogen) atoms. The first kappa shape index (κ1) is 15.9. The molecule has 0 atom stereocenters. The molecule has 0 spiro atoms. The molecule has 132 valence electrons. The average molecular weight is 372 g/mol. The Morgan fingerprint density at radius 1 is 0.815 bits per heavy atom. The highest BCUT2D eigenvalue weighted by Crippen LogP contribution is 2.39. The number of ether oxygens (including phenoxy) is 2. The third-order valence-electron chi connectivity index (χ3n) is 4.43. The molecule has 5 rings (SSSR count). The van der Waals surface area contributed by atoms with E-state index in [-0.39, 0.29) is 0 Å². The predicted molar refractivity (Wildman–Crippen MR) is 109 cm³/mol. The zero-order valence-corrected chi connectivity index (χ0v) is 15.4. The van der Waals surface area contributed by atoms with Crippen molar-refractivity contribution in [1.82, 2.24) is 9.38 Å². The van der Waals surface area contributed by atoms with Gasteiger partial charge in [0, 0.05) is 5.56 Å². The fourth-order valence-electron chi connectivity index (χ4n) is 3.13. The van der Waals surface area contributed by atoms with Crippen LogP contribution in [0.5, 0.6) is 17.4 Å². The van der Waals surface area contributed by atoms with Crippen LogP contribution in [0.3, 0.4) is 0 Å². The molecule has 0 unspecified atom stereocenters. The van der Waals surface area contributed by atoms with Crippen molar-refractivity contribution in [1.29, 1.82) is 0 Å². The highest BCUT2D eigenvalue weighted by Gasteiger charge is 2.20. The topological polar surface area (TPSA) is 35.8 Å². The molecular weight excluding hydrogens is 356 g/mol. The number of methoxy groups -OCH3 is 1. The quantitative estimate of drug-likeness (QED) is 0.387. The lowest BCUT2D eigenvalue weighted by atomic mass is 10.2. The number of thiazole rings is 1. The summed E-state index contributed by atoms with van der Waals surface area (Å²) >= 11 is 1.66. The number of fused-ring (bicyclic) bond motifs is 3. The molecule has 0 saturated heterocycles. The Kier molecular flexibility index (Phi) is 3.80. The van der Waals surface area contributed by atoms with Gasteiger partial charge < -0.3 is 9.47 Å². The van der Waals surface area contributed by atoms with E-state index in [1.165, 1.54) is 4.70 Å². The zero-order chi connectivity index (χ0) is 18.2. The van der Waals surface area contributed by atoms with Crippen LogP contribution in [0.4, 0.5) is 0 Å². The molecule has 0 amide bonds. The van der Waals surface area contributed by atoms with Gasteiger partial charge in [-0.15, -0.1) is 0 Å². The van der Waals surface area contributed by atoms with Gasteiger partial charge in [0.25, 0.3) is 0 Å². The molecular formula is C22H16N2O2S. The molecule has 5 heteroatoms. The van der Waals surface area contributed by atoms with E-state index in [0.29, 0.717) is 0 Å². The van der Waals surface area contributed by atoms with Crippen molar-refractivity contribution in [2.45, 2.75) is 0 Å². The van der Waals surface area contributed by atoms with Crippen LogP contribution < -0.4 is 9.47 Å². The maximum absolute atomic E-state index is 6.33. The molecule has 3 aromatic carbocycles. The summed E-state index contributed by atoms with van der Waals surface area (Å²) in [5.41, 5.74) is 2.96. The summed E-state index contributed by atoms with van der Waals surface area (Å²) in [4.78, 5) is 5.80. The summed E-state index contributed by atoms with van der Waals surface area (Å²) in [5, 5.41) is 0. The standard InChI is InChI=1S/C22H16N2O2S/c1-25-16-11-13-17(14-12-16)26-21-20(15-7-3-2-4-8-15)23-22-24(21)18-9-5-6-10-19(18)27-22/h2-14H,1H3. The fraction of sp³-hybridized carbons (Fsp3) is 0.0455. The molecule has 2 heterocycles. The van der Waals surface area contributed by atoms with Gasteiger partial charge in [-0.25, -0.2) is 4.98 Å². The molecule has 0 radical (unpaired) electrons. The van der Waals surface area contributed by atoms with Gasteiger partial charge in [0.15, 0.2) is 4.96 Å². The first-order valence-corrected chi connectivity index (χ1v) is 9.42. The van der Waals surface area contributed by atoms with Crippen molar-refractivity contribution in [3.8, 4) is 28.6 Å². The number of aromatic nitrogens is 2. The van der Waals surface area contributed by atoms with Crippen molar-refractivity contribution in [2.75, 3.05) is 7.11 Å². The van der Waals surface area contributed by atoms with Gasteiger partial charge in [0.05, 0.1) is 17.3 Å². The maximum Gasteiger partial charge on any atom is 0.233 e. The molecule has 0 aliphatic carbocycles. The van der Waals surface area contributed by atoms with Gasteiger partial charge in [0.1, 0.15) is 17.2 Å². The monoisotopic (exact) mass is 372 g/mol. The second-order valence-electron chi connectivity index (χ2n) is 6.10. The third-order valence-corrected chi connectivity index (χ3v) is 5.45. The molecule has 0 N–H and O–H groups in total. The van der Waals surface area contributed by atoms with Crippen molar-refractivity contribution in [3.63, 3.8) is 0 Å². The Balaban J connectivity index is 1.72. The van der Waals surface area contributed by atoms with E-state index < -0.39 is 0 Å². The van der Waals surface area contributed by atoms with Crippen LogP contribution in [0.15, 0.2) is 78.9 Å². The summed E-state index contributed by atoms with van der Waals surface area (Å²) < 4.78 is 14.8. The van der Waals surface area contributed by atoms with Crippen LogP contribution in [0, 0.1) is 0 Å². The van der Waals surface area contributed by atoms with Crippen molar-refractivity contribution < 1.29 is 9.47 Å². The van der Waals surface area contributed by atoms with Crippen LogP contribution in [0.1, 0.15) is 0 Å². The maximum atomic E-state index is 6.33. The van der Waals surface area contributed by atoms with Gasteiger partial charge in [-0.3, -0.25) is 4.40 Å². The van der Waals surface area contributed by atoms with Gasteiger partial charge in [-0.1, -0.05) is 53.8 Å². The highest BCUT2D eigenvalue weighted by atomic mass is 32.1. The largest absolute Gasteiger partial charge is 0.497 e. The molecule has 0 aliphatic rings. The van der Waals surface area contributed by atoms with E-state index in [9.17, 15) is 0 Å². The van der Waals surface area contributed by atoms with E-state index in [1.54, 1.807) is 18.4 Å². The first-order valence-electron chi connectivity index (χ1n) is 8.61. The Labute approximate surface area is 160 Å². The predicted octanol–water partition coefficient (Wildman–Crippen LogP) is 6.02. The van der Waals surface area contributed by atoms with E-state index in [0.717, 1.165) is 39.1 Å². The van der Waals surface area contributed by atoms with Crippen LogP contribution in [-0.4, -0.2) is 16.5 Å². The van der Waals surface area contributed by atoms with Crippen molar-refractivity contribution in [2.24, 2.45) is 0 Å². The molecule has 5 aromatic rings. The van der Waals surface area contributed by atoms with E-state index in [2.05, 4.69) is 28.7 Å². The van der Waals surface area contributed by atoms with Gasteiger partial charge in [0.2, 0.25) is 5.88 Å². The van der Waals surface area contributed by atoms with Crippen molar-refractivity contribution in [3.05, 3.63) is 78.9 Å². The molecule has 0 saturated carbocycles. The molecule has 0 fully saturated rings. The lowest BCUT2D eigenvalue weighted by molar-refractivity contribution is 0.412. The fourth-order valence-corrected chi connectivity index (χ4v) is 4.14. The number of nitrogens with zero attached hydrogens (tertiary/aromatic N) is 2. The Morgan fingerprint density at radius 3 is 2.30 bits per heavy atom. The second kappa shape index (κ2) is 6.45. The number of imidazole rings is 1. The summed E-state index contributed by atoms with van der Waals surface area (Å²) in [5.74, 6) is 2.26. The van der Waals surface area contributed by atoms with Crippen LogP contribution in [0.25, 0.3) is 26.4 Å². The average Bonchev–Trinajstić information content (AvgIpc) is 3.26. The summed E-state index contributed by atoms with van der Waals surface area (Å²) in [6.45, 7) is 0. The minimum atomic E-state index is 0.721. The van der Waals surface area contributed by atoms with E-state index in [1.807, 2.05) is 54.6 Å². The lowest BCUT2D eigenvalue weighted by Gasteiger charge is -2.09. The number of para-hydroxylation sites is 1. The minimum Gasteiger partial charge on any atom is -0.497 e. The van der Waals surface area contributed by atoms with Gasteiger partial charge in [-0.05, 0) is 36.4 Å². The molecule has 4 nitrogen and oxygen atoms in total. The normalized spacial score (nSPS) is 11.1. The van der Waals surface area contributed by atoms with Crippen LogP contribution >= 0.6 is 11.3 Å². The zero-order valence-electron chi connectivity index (χ0n) is 14.6. The molecule has 0 bridgehead atoms. The van der Waals surface area contributed by atoms with Crippen molar-refractivity contribution >= 4 is 26.5 Å². The summed E-state index contributed by atoms with van der Waals surface area (Å²) in [6.07, 6.45) is 0. The second-order valence-corrected chi connectivity index (χ2v) is 7.11. The lowest BCUT2D eigenvalue weighted by Crippen LogP contribution is -1.92. The highest BCUT2D eigenvalue weighted by molar-refractivity contribution is 7.23. The Hall–Kier alpha value is -3.31. The molecule has 0 aliphatic heterocycles. The van der Waals surface area contributed by atoms with Crippen LogP contribution in [-0.2, 0) is 0 Å². The number of benzene rings is 3. The Bertz CT molecular complexity index is 1220. The number of hydrogen-bond donors (Lipinski definition) is 0. The number of rotatable bonds is 4. The summed E-state index contributed by atoms with van der Waals surface area (Å²) in [6, 6.07) is 26.0. The SMILES string of the molecule is COc1ccc(Oc2c(-c3ccccc3)nc3sc4ccccc4n23)cc1. The Morgan fingerprint density at radius 2 is 1.52 bits per heavy atom. The van der Waals surface area contributed by atoms with Gasteiger partial charge >= 0.3 is 0 Å². The smallest absolute Gasteiger partial charge is 0.233 e. The number of hydrogen-bond acceptors (Lipinski definition) is 4. The van der Waals surface area contributed by atoms with Gasteiger partial charge in [-0.2, -0.15) is 0 Å². The third kappa shape index (κ3) is 2.73. The molecule has 2 aromatic heterocycles. The van der Waals surface area contributed by atoms with E-state index in [4.69, 9.17) is 14.5 Å². The van der Waals surface area contributed by atoms with Crippen LogP contribution in [0.2, 0.25) is 0 Å². The summed E-state index contributed by atoms with van der Waals surface area (Å²) in [7, 11) is 1.65.